The van der Waals surface area contributed by atoms with Gasteiger partial charge in [-0.05, 0) is 48.4 Å². The molecule has 0 saturated carbocycles. The summed E-state index contributed by atoms with van der Waals surface area (Å²) in [5.74, 6) is 0. The van der Waals surface area contributed by atoms with E-state index in [1.807, 2.05) is 48.5 Å². The summed E-state index contributed by atoms with van der Waals surface area (Å²) >= 11 is 5.94. The predicted molar refractivity (Wildman–Crippen MR) is 83.3 cm³/mol. The monoisotopic (exact) mass is 298 g/mol. The number of aliphatic hydroxyl groups excluding tert-OH is 1. The third-order valence-corrected chi connectivity index (χ3v) is 4.11. The maximum absolute atomic E-state index is 10.0. The van der Waals surface area contributed by atoms with Crippen molar-refractivity contribution in [3.8, 4) is 6.07 Å². The first-order valence-electron chi connectivity index (χ1n) is 6.87. The zero-order chi connectivity index (χ0) is 14.8. The molecule has 1 aliphatic rings. The molecule has 0 radical (unpaired) electrons. The van der Waals surface area contributed by atoms with E-state index in [2.05, 4.69) is 11.0 Å². The summed E-state index contributed by atoms with van der Waals surface area (Å²) in [6, 6.07) is 17.5. The van der Waals surface area contributed by atoms with Gasteiger partial charge in [0.05, 0.1) is 23.8 Å². The van der Waals surface area contributed by atoms with E-state index >= 15 is 0 Å². The van der Waals surface area contributed by atoms with Crippen LogP contribution in [0.15, 0.2) is 48.5 Å². The van der Waals surface area contributed by atoms with Crippen molar-refractivity contribution >= 4 is 17.3 Å². The van der Waals surface area contributed by atoms with Crippen molar-refractivity contribution in [1.82, 2.24) is 0 Å². The number of benzene rings is 2. The topological polar surface area (TPSA) is 47.3 Å². The number of anilines is 1. The van der Waals surface area contributed by atoms with Crippen molar-refractivity contribution in [1.29, 1.82) is 5.26 Å². The fourth-order valence-corrected chi connectivity index (χ4v) is 2.95. The zero-order valence-corrected chi connectivity index (χ0v) is 12.2. The van der Waals surface area contributed by atoms with E-state index in [0.717, 1.165) is 11.3 Å². The fraction of sp³-hybridized carbons (Fsp3) is 0.235. The lowest BCUT2D eigenvalue weighted by molar-refractivity contribution is 0.194. The minimum absolute atomic E-state index is 0.119. The highest BCUT2D eigenvalue weighted by Gasteiger charge is 2.32. The molecule has 0 unspecified atom stereocenters. The lowest BCUT2D eigenvalue weighted by atomic mass is 10.0. The molecule has 3 rings (SSSR count). The predicted octanol–water partition coefficient (Wildman–Crippen LogP) is 3.52. The normalized spacial score (nSPS) is 21.3. The van der Waals surface area contributed by atoms with Crippen molar-refractivity contribution in [2.75, 3.05) is 11.4 Å². The molecule has 4 heteroatoms. The lowest BCUT2D eigenvalue weighted by Gasteiger charge is -2.27. The van der Waals surface area contributed by atoms with Crippen LogP contribution in [0.4, 0.5) is 5.69 Å². The van der Waals surface area contributed by atoms with Gasteiger partial charge < -0.3 is 10.0 Å². The number of hydrogen-bond donors (Lipinski definition) is 1. The zero-order valence-electron chi connectivity index (χ0n) is 11.4. The Hall–Kier alpha value is -2.02. The van der Waals surface area contributed by atoms with E-state index in [1.165, 1.54) is 0 Å². The smallest absolute Gasteiger partial charge is 0.0991 e. The molecule has 2 aromatic rings. The van der Waals surface area contributed by atoms with E-state index < -0.39 is 0 Å². The van der Waals surface area contributed by atoms with Crippen LogP contribution < -0.4 is 4.90 Å². The minimum atomic E-state index is -0.346. The van der Waals surface area contributed by atoms with Gasteiger partial charge in [-0.25, -0.2) is 0 Å². The molecule has 1 N–H and O–H groups in total. The van der Waals surface area contributed by atoms with E-state index in [-0.39, 0.29) is 12.1 Å². The highest BCUT2D eigenvalue weighted by Crippen LogP contribution is 2.36. The summed E-state index contributed by atoms with van der Waals surface area (Å²) in [6.07, 6.45) is 0.343. The maximum Gasteiger partial charge on any atom is 0.0991 e. The summed E-state index contributed by atoms with van der Waals surface area (Å²) < 4.78 is 0. The third-order valence-electron chi connectivity index (χ3n) is 3.86. The number of aliphatic hydroxyl groups is 1. The first-order valence-corrected chi connectivity index (χ1v) is 7.25. The molecule has 1 fully saturated rings. The Kier molecular flexibility index (Phi) is 3.83. The van der Waals surface area contributed by atoms with Crippen molar-refractivity contribution in [3.05, 3.63) is 64.7 Å². The summed E-state index contributed by atoms with van der Waals surface area (Å²) in [5.41, 5.74) is 2.81. The minimum Gasteiger partial charge on any atom is -0.391 e. The van der Waals surface area contributed by atoms with Crippen molar-refractivity contribution < 1.29 is 5.11 Å². The van der Waals surface area contributed by atoms with Gasteiger partial charge in [-0.3, -0.25) is 0 Å². The molecule has 106 valence electrons. The van der Waals surface area contributed by atoms with Crippen LogP contribution in [0.25, 0.3) is 0 Å². The number of nitrogens with zero attached hydrogens (tertiary/aromatic N) is 2. The molecule has 1 saturated heterocycles. The van der Waals surface area contributed by atoms with Crippen LogP contribution in [0.3, 0.4) is 0 Å². The van der Waals surface area contributed by atoms with Gasteiger partial charge in [-0.15, -0.1) is 0 Å². The first kappa shape index (κ1) is 13.9. The summed E-state index contributed by atoms with van der Waals surface area (Å²) in [5, 5.41) is 19.6. The van der Waals surface area contributed by atoms with E-state index in [1.54, 1.807) is 0 Å². The maximum atomic E-state index is 10.0. The Morgan fingerprint density at radius 3 is 2.38 bits per heavy atom. The van der Waals surface area contributed by atoms with Crippen molar-refractivity contribution in [3.63, 3.8) is 0 Å². The van der Waals surface area contributed by atoms with Gasteiger partial charge in [0, 0.05) is 17.3 Å². The third kappa shape index (κ3) is 2.87. The summed E-state index contributed by atoms with van der Waals surface area (Å²) in [6.45, 7) is 0.603. The Bertz CT molecular complexity index is 661. The molecule has 0 aromatic heterocycles. The van der Waals surface area contributed by atoms with Gasteiger partial charge in [-0.1, -0.05) is 23.7 Å². The largest absolute Gasteiger partial charge is 0.391 e. The van der Waals surface area contributed by atoms with Gasteiger partial charge in [0.15, 0.2) is 0 Å². The Labute approximate surface area is 129 Å². The van der Waals surface area contributed by atoms with Crippen LogP contribution in [0.5, 0.6) is 0 Å². The molecular weight excluding hydrogens is 284 g/mol. The number of rotatable bonds is 2. The van der Waals surface area contributed by atoms with Crippen LogP contribution in [-0.4, -0.2) is 17.8 Å². The fourth-order valence-electron chi connectivity index (χ4n) is 2.83. The highest BCUT2D eigenvalue weighted by atomic mass is 35.5. The average Bonchev–Trinajstić information content (AvgIpc) is 2.90. The molecule has 2 aromatic carbocycles. The van der Waals surface area contributed by atoms with E-state index in [9.17, 15) is 5.11 Å². The molecule has 0 bridgehead atoms. The number of β-amino-alcohol motifs (C(OH)–C–C–N with tert-alkyl or cyclic N) is 1. The van der Waals surface area contributed by atoms with Gasteiger partial charge in [-0.2, -0.15) is 5.26 Å². The van der Waals surface area contributed by atoms with Gasteiger partial charge in [0.25, 0.3) is 0 Å². The second-order valence-corrected chi connectivity index (χ2v) is 5.70. The summed E-state index contributed by atoms with van der Waals surface area (Å²) in [7, 11) is 0. The molecule has 1 heterocycles. The van der Waals surface area contributed by atoms with Gasteiger partial charge in [0.1, 0.15) is 0 Å². The first-order chi connectivity index (χ1) is 10.2. The number of halogens is 1. The summed E-state index contributed by atoms with van der Waals surface area (Å²) in [4.78, 5) is 2.18. The Morgan fingerprint density at radius 2 is 1.76 bits per heavy atom. The van der Waals surface area contributed by atoms with Crippen LogP contribution in [-0.2, 0) is 0 Å². The molecule has 21 heavy (non-hydrogen) atoms. The van der Waals surface area contributed by atoms with Crippen molar-refractivity contribution in [2.24, 2.45) is 0 Å². The standard InChI is InChI=1S/C17H15ClN2O/c18-14-5-7-15(8-6-14)20-11-16(21)9-17(20)13-3-1-12(10-19)2-4-13/h1-8,16-17,21H,9,11H2/t16-,17-/m1/s1. The van der Waals surface area contributed by atoms with E-state index in [4.69, 9.17) is 16.9 Å². The number of nitriles is 1. The quantitative estimate of drug-likeness (QED) is 0.922. The Balaban J connectivity index is 1.91. The number of hydrogen-bond acceptors (Lipinski definition) is 3. The molecular formula is C17H15ClN2O. The second-order valence-electron chi connectivity index (χ2n) is 5.27. The van der Waals surface area contributed by atoms with Crippen LogP contribution in [0, 0.1) is 11.3 Å². The lowest BCUT2D eigenvalue weighted by Crippen LogP contribution is -2.24. The molecule has 0 spiro atoms. The van der Waals surface area contributed by atoms with Crippen molar-refractivity contribution in [2.45, 2.75) is 18.6 Å². The van der Waals surface area contributed by atoms with E-state index in [0.29, 0.717) is 23.6 Å². The molecule has 0 amide bonds. The average molecular weight is 299 g/mol. The Morgan fingerprint density at radius 1 is 1.10 bits per heavy atom. The van der Waals surface area contributed by atoms with Gasteiger partial charge >= 0.3 is 0 Å². The SMILES string of the molecule is N#Cc1ccc([C@H]2C[C@@H](O)CN2c2ccc(Cl)cc2)cc1. The van der Waals surface area contributed by atoms with Gasteiger partial charge in [0.2, 0.25) is 0 Å². The molecule has 3 nitrogen and oxygen atoms in total. The highest BCUT2D eigenvalue weighted by molar-refractivity contribution is 6.30. The second kappa shape index (κ2) is 5.77. The van der Waals surface area contributed by atoms with Crippen LogP contribution in [0.2, 0.25) is 5.02 Å². The molecule has 2 atom stereocenters. The van der Waals surface area contributed by atoms with Crippen LogP contribution >= 0.6 is 11.6 Å². The molecule has 0 aliphatic carbocycles. The molecule has 1 aliphatic heterocycles. The van der Waals surface area contributed by atoms with Crippen LogP contribution in [0.1, 0.15) is 23.6 Å².